The van der Waals surface area contributed by atoms with Gasteiger partial charge in [-0.3, -0.25) is 0 Å². The summed E-state index contributed by atoms with van der Waals surface area (Å²) in [7, 11) is 0. The van der Waals surface area contributed by atoms with Crippen molar-refractivity contribution < 1.29 is 4.58 Å². The maximum Gasteiger partial charge on any atom is 0.209 e. The number of rotatable bonds is 4. The molecular weight excluding hydrogens is 302 g/mol. The molecule has 1 aliphatic heterocycles. The van der Waals surface area contributed by atoms with Crippen LogP contribution in [0.15, 0.2) is 54.6 Å². The third-order valence-corrected chi connectivity index (χ3v) is 6.08. The third kappa shape index (κ3) is 3.17. The van der Waals surface area contributed by atoms with Crippen molar-refractivity contribution in [1.82, 2.24) is 0 Å². The van der Waals surface area contributed by atoms with Gasteiger partial charge in [-0.2, -0.15) is 4.58 Å². The van der Waals surface area contributed by atoms with Crippen molar-refractivity contribution in [3.8, 4) is 0 Å². The summed E-state index contributed by atoms with van der Waals surface area (Å²) in [5, 5.41) is 0. The van der Waals surface area contributed by atoms with E-state index in [1.807, 2.05) is 0 Å². The van der Waals surface area contributed by atoms with Gasteiger partial charge in [-0.1, -0.05) is 69.3 Å². The van der Waals surface area contributed by atoms with Gasteiger partial charge in [0.25, 0.3) is 0 Å². The lowest BCUT2D eigenvalue weighted by molar-refractivity contribution is -0.512. The van der Waals surface area contributed by atoms with Gasteiger partial charge >= 0.3 is 0 Å². The van der Waals surface area contributed by atoms with Crippen molar-refractivity contribution >= 4 is 11.9 Å². The maximum absolute atomic E-state index is 2.53. The molecule has 1 unspecified atom stereocenters. The van der Waals surface area contributed by atoms with Crippen LogP contribution in [0.1, 0.15) is 65.5 Å². The monoisotopic (exact) mass is 334 g/mol. The molecule has 0 bridgehead atoms. The number of hydrogen-bond donors (Lipinski definition) is 0. The second-order valence-corrected chi connectivity index (χ2v) is 9.03. The molecule has 2 aromatic carbocycles. The first kappa shape index (κ1) is 17.9. The average molecular weight is 335 g/mol. The van der Waals surface area contributed by atoms with E-state index in [-0.39, 0.29) is 16.4 Å². The van der Waals surface area contributed by atoms with Crippen LogP contribution in [0.4, 0.5) is 5.69 Å². The Balaban J connectivity index is 2.16. The quantitative estimate of drug-likeness (QED) is 0.583. The maximum atomic E-state index is 2.53. The Hall–Kier alpha value is -1.89. The second-order valence-electron chi connectivity index (χ2n) is 9.03. The minimum atomic E-state index is 0.0637. The van der Waals surface area contributed by atoms with Gasteiger partial charge in [0, 0.05) is 31.9 Å². The molecule has 1 heteroatoms. The molecule has 3 rings (SSSR count). The van der Waals surface area contributed by atoms with Crippen molar-refractivity contribution in [2.24, 2.45) is 0 Å². The van der Waals surface area contributed by atoms with E-state index in [0.717, 1.165) is 12.8 Å². The predicted molar refractivity (Wildman–Crippen MR) is 108 cm³/mol. The van der Waals surface area contributed by atoms with Crippen LogP contribution in [0.5, 0.6) is 0 Å². The predicted octanol–water partition coefficient (Wildman–Crippen LogP) is 6.23. The summed E-state index contributed by atoms with van der Waals surface area (Å²) in [6.45, 7) is 14.1. The van der Waals surface area contributed by atoms with Crippen LogP contribution in [0.25, 0.3) is 0 Å². The van der Waals surface area contributed by atoms with Gasteiger partial charge in [0.05, 0.1) is 5.41 Å². The van der Waals surface area contributed by atoms with E-state index < -0.39 is 0 Å². The average Bonchev–Trinajstić information content (AvgIpc) is 2.86. The van der Waals surface area contributed by atoms with E-state index in [2.05, 4.69) is 107 Å². The van der Waals surface area contributed by atoms with Crippen molar-refractivity contribution in [2.45, 2.75) is 70.8 Å². The topological polar surface area (TPSA) is 3.01 Å². The highest BCUT2D eigenvalue weighted by atomic mass is 15.1. The fourth-order valence-electron chi connectivity index (χ4n) is 4.33. The number of para-hydroxylation sites is 1. The largest absolute Gasteiger partial charge is 0.209 e. The summed E-state index contributed by atoms with van der Waals surface area (Å²) in [4.78, 5) is 0. The highest BCUT2D eigenvalue weighted by Gasteiger charge is 2.50. The van der Waals surface area contributed by atoms with Crippen LogP contribution in [0.3, 0.4) is 0 Å². The Bertz CT molecular complexity index is 783. The van der Waals surface area contributed by atoms with Crippen molar-refractivity contribution in [2.75, 3.05) is 0 Å². The van der Waals surface area contributed by atoms with Crippen LogP contribution in [0.2, 0.25) is 0 Å². The van der Waals surface area contributed by atoms with Gasteiger partial charge in [-0.25, -0.2) is 0 Å². The number of hydrogen-bond acceptors (Lipinski definition) is 0. The lowest BCUT2D eigenvalue weighted by atomic mass is 9.77. The summed E-state index contributed by atoms with van der Waals surface area (Å²) in [6.07, 6.45) is 4.71. The Labute approximate surface area is 153 Å². The minimum absolute atomic E-state index is 0.0637. The summed E-state index contributed by atoms with van der Waals surface area (Å²) in [6, 6.07) is 19.9. The van der Waals surface area contributed by atoms with Gasteiger partial charge < -0.3 is 0 Å². The Kier molecular flexibility index (Phi) is 4.39. The fraction of sp³-hybridized carbons (Fsp3) is 0.458. The third-order valence-electron chi connectivity index (χ3n) is 6.08. The zero-order chi connectivity index (χ0) is 18.3. The molecule has 1 aliphatic rings. The van der Waals surface area contributed by atoms with E-state index in [1.165, 1.54) is 16.8 Å². The molecule has 2 aromatic rings. The first-order chi connectivity index (χ1) is 11.7. The summed E-state index contributed by atoms with van der Waals surface area (Å²) in [5.41, 5.74) is 4.53. The van der Waals surface area contributed by atoms with E-state index in [1.54, 1.807) is 0 Å². The van der Waals surface area contributed by atoms with Crippen LogP contribution >= 0.6 is 0 Å². The van der Waals surface area contributed by atoms with Gasteiger partial charge in [0.1, 0.15) is 0 Å². The summed E-state index contributed by atoms with van der Waals surface area (Å²) < 4.78 is 2.53. The molecule has 0 spiro atoms. The molecule has 1 atom stereocenters. The van der Waals surface area contributed by atoms with Gasteiger partial charge in [0.15, 0.2) is 11.8 Å². The molecule has 0 saturated heterocycles. The van der Waals surface area contributed by atoms with Gasteiger partial charge in [0.2, 0.25) is 5.69 Å². The van der Waals surface area contributed by atoms with E-state index in [0.29, 0.717) is 0 Å². The molecule has 0 radical (unpaired) electrons. The normalized spacial score (nSPS) is 22.7. The zero-order valence-electron chi connectivity index (χ0n) is 16.6. The second kappa shape index (κ2) is 6.12. The molecular formula is C24H32N+. The highest BCUT2D eigenvalue weighted by molar-refractivity contribution is 5.73. The Morgan fingerprint density at radius 1 is 0.920 bits per heavy atom. The molecule has 1 nitrogen and oxygen atoms in total. The molecule has 0 saturated carbocycles. The molecule has 132 valence electrons. The minimum Gasteiger partial charge on any atom is -0.197 e. The standard InChI is InChI=1S/C24H32N/c1-7-22(2,3)20-15-11-12-16-21(20)25-18-24(6,17-23(25,4)5)19-13-9-8-10-14-19/h8-16,18H,7,17H2,1-6H3/q+1. The van der Waals surface area contributed by atoms with E-state index in [4.69, 9.17) is 0 Å². The van der Waals surface area contributed by atoms with Gasteiger partial charge in [-0.15, -0.1) is 0 Å². The Morgan fingerprint density at radius 3 is 2.16 bits per heavy atom. The van der Waals surface area contributed by atoms with Crippen LogP contribution in [0, 0.1) is 0 Å². The summed E-state index contributed by atoms with van der Waals surface area (Å²) >= 11 is 0. The van der Waals surface area contributed by atoms with Crippen LogP contribution in [-0.4, -0.2) is 16.3 Å². The lowest BCUT2D eigenvalue weighted by Gasteiger charge is -2.27. The molecule has 0 fully saturated rings. The molecule has 0 aromatic heterocycles. The SMILES string of the molecule is CCC(C)(C)c1ccccc1[N+]1=CC(C)(c2ccccc2)CC1(C)C. The molecule has 0 aliphatic carbocycles. The molecule has 25 heavy (non-hydrogen) atoms. The molecule has 0 N–H and O–H groups in total. The van der Waals surface area contributed by atoms with Crippen molar-refractivity contribution in [1.29, 1.82) is 0 Å². The van der Waals surface area contributed by atoms with Gasteiger partial charge in [-0.05, 0) is 24.3 Å². The smallest absolute Gasteiger partial charge is 0.197 e. The van der Waals surface area contributed by atoms with E-state index >= 15 is 0 Å². The molecule has 0 amide bonds. The highest BCUT2D eigenvalue weighted by Crippen LogP contribution is 2.44. The number of nitrogens with zero attached hydrogens (tertiary/aromatic N) is 1. The fourth-order valence-corrected chi connectivity index (χ4v) is 4.33. The van der Waals surface area contributed by atoms with Crippen LogP contribution in [-0.2, 0) is 10.8 Å². The van der Waals surface area contributed by atoms with Crippen LogP contribution < -0.4 is 0 Å². The first-order valence-electron chi connectivity index (χ1n) is 9.50. The first-order valence-corrected chi connectivity index (χ1v) is 9.50. The zero-order valence-corrected chi connectivity index (χ0v) is 16.6. The lowest BCUT2D eigenvalue weighted by Crippen LogP contribution is -2.32. The number of benzene rings is 2. The summed E-state index contributed by atoms with van der Waals surface area (Å²) in [5.74, 6) is 0. The Morgan fingerprint density at radius 2 is 1.52 bits per heavy atom. The van der Waals surface area contributed by atoms with E-state index in [9.17, 15) is 0 Å². The van der Waals surface area contributed by atoms with Crippen molar-refractivity contribution in [3.05, 3.63) is 65.7 Å². The molecule has 1 heterocycles. The van der Waals surface area contributed by atoms with Crippen molar-refractivity contribution in [3.63, 3.8) is 0 Å².